The van der Waals surface area contributed by atoms with Crippen molar-refractivity contribution in [2.45, 2.75) is 38.7 Å². The Morgan fingerprint density at radius 2 is 2.19 bits per heavy atom. The highest BCUT2D eigenvalue weighted by molar-refractivity contribution is 5.98. The van der Waals surface area contributed by atoms with Gasteiger partial charge < -0.3 is 10.5 Å². The Morgan fingerprint density at radius 3 is 2.81 bits per heavy atom. The van der Waals surface area contributed by atoms with E-state index < -0.39 is 0 Å². The van der Waals surface area contributed by atoms with E-state index >= 15 is 0 Å². The van der Waals surface area contributed by atoms with Gasteiger partial charge >= 0.3 is 0 Å². The Morgan fingerprint density at radius 1 is 1.50 bits per heavy atom. The van der Waals surface area contributed by atoms with Crippen molar-refractivity contribution in [3.8, 4) is 5.88 Å². The minimum Gasteiger partial charge on any atom is -0.474 e. The summed E-state index contributed by atoms with van der Waals surface area (Å²) in [4.78, 5) is 4.18. The van der Waals surface area contributed by atoms with Crippen molar-refractivity contribution in [1.82, 2.24) is 4.98 Å². The number of nitrogens with zero attached hydrogens (tertiary/aromatic N) is 1. The molecule has 0 atom stereocenters. The van der Waals surface area contributed by atoms with Crippen molar-refractivity contribution < 1.29 is 4.74 Å². The highest BCUT2D eigenvalue weighted by Gasteiger charge is 2.20. The summed E-state index contributed by atoms with van der Waals surface area (Å²) in [6, 6.07) is 1.85. The zero-order valence-electron chi connectivity index (χ0n) is 9.49. The number of amidine groups is 1. The Labute approximate surface area is 95.3 Å². The largest absolute Gasteiger partial charge is 0.474 e. The standard InChI is InChI=1S/C12H17N3O/c1-8-6-7-15-12(10(8)11(13)14)16-9-4-2-3-5-9/h6-7,9H,2-5H2,1H3,(H3,13,14). The summed E-state index contributed by atoms with van der Waals surface area (Å²) in [5.74, 6) is 0.540. The second kappa shape index (κ2) is 4.51. The zero-order valence-corrected chi connectivity index (χ0v) is 9.49. The number of nitrogens with two attached hydrogens (primary N) is 1. The lowest BCUT2D eigenvalue weighted by Crippen LogP contribution is -2.19. The van der Waals surface area contributed by atoms with Crippen molar-refractivity contribution in [2.75, 3.05) is 0 Å². The van der Waals surface area contributed by atoms with Gasteiger partial charge in [-0.25, -0.2) is 4.98 Å². The summed E-state index contributed by atoms with van der Waals surface area (Å²) >= 11 is 0. The first kappa shape index (κ1) is 10.9. The van der Waals surface area contributed by atoms with E-state index in [4.69, 9.17) is 15.9 Å². The molecule has 86 valence electrons. The van der Waals surface area contributed by atoms with Crippen LogP contribution in [0, 0.1) is 12.3 Å². The van der Waals surface area contributed by atoms with Crippen LogP contribution in [0.1, 0.15) is 36.8 Å². The highest BCUT2D eigenvalue weighted by atomic mass is 16.5. The summed E-state index contributed by atoms with van der Waals surface area (Å²) in [7, 11) is 0. The molecule has 0 radical (unpaired) electrons. The van der Waals surface area contributed by atoms with Gasteiger partial charge in [-0.1, -0.05) is 0 Å². The summed E-state index contributed by atoms with van der Waals surface area (Å²) < 4.78 is 5.82. The number of rotatable bonds is 3. The van der Waals surface area contributed by atoms with Crippen LogP contribution < -0.4 is 10.5 Å². The number of nitrogens with one attached hydrogen (secondary N) is 1. The van der Waals surface area contributed by atoms with Crippen LogP contribution in [-0.2, 0) is 0 Å². The molecule has 0 unspecified atom stereocenters. The summed E-state index contributed by atoms with van der Waals surface area (Å²) in [6.45, 7) is 1.92. The van der Waals surface area contributed by atoms with Crippen LogP contribution in [0.15, 0.2) is 12.3 Å². The number of aryl methyl sites for hydroxylation is 1. The molecule has 1 fully saturated rings. The van der Waals surface area contributed by atoms with Crippen LogP contribution in [0.5, 0.6) is 5.88 Å². The van der Waals surface area contributed by atoms with Crippen molar-refractivity contribution in [2.24, 2.45) is 5.73 Å². The van der Waals surface area contributed by atoms with E-state index in [0.29, 0.717) is 11.4 Å². The molecule has 1 aliphatic carbocycles. The van der Waals surface area contributed by atoms with Crippen LogP contribution in [0.4, 0.5) is 0 Å². The molecule has 0 spiro atoms. The average Bonchev–Trinajstić information content (AvgIpc) is 2.70. The molecular weight excluding hydrogens is 202 g/mol. The number of pyridine rings is 1. The van der Waals surface area contributed by atoms with Crippen LogP contribution >= 0.6 is 0 Å². The fourth-order valence-electron chi connectivity index (χ4n) is 2.11. The molecule has 0 aromatic carbocycles. The molecule has 1 saturated carbocycles. The number of aromatic nitrogens is 1. The van der Waals surface area contributed by atoms with Gasteiger partial charge in [-0.05, 0) is 44.2 Å². The van der Waals surface area contributed by atoms with E-state index in [-0.39, 0.29) is 11.9 Å². The van der Waals surface area contributed by atoms with Gasteiger partial charge in [0.15, 0.2) is 0 Å². The Bertz CT molecular complexity index is 397. The molecule has 0 saturated heterocycles. The zero-order chi connectivity index (χ0) is 11.5. The summed E-state index contributed by atoms with van der Waals surface area (Å²) in [5.41, 5.74) is 7.13. The molecule has 3 N–H and O–H groups in total. The van der Waals surface area contributed by atoms with Gasteiger partial charge in [-0.15, -0.1) is 0 Å². The van der Waals surface area contributed by atoms with Gasteiger partial charge in [0, 0.05) is 6.20 Å². The summed E-state index contributed by atoms with van der Waals surface area (Å²) in [5, 5.41) is 7.55. The van der Waals surface area contributed by atoms with E-state index in [2.05, 4.69) is 4.98 Å². The van der Waals surface area contributed by atoms with E-state index in [1.54, 1.807) is 6.20 Å². The predicted octanol–water partition coefficient (Wildman–Crippen LogP) is 2.00. The van der Waals surface area contributed by atoms with E-state index in [1.807, 2.05) is 13.0 Å². The van der Waals surface area contributed by atoms with E-state index in [9.17, 15) is 0 Å². The van der Waals surface area contributed by atoms with E-state index in [0.717, 1.165) is 18.4 Å². The predicted molar refractivity (Wildman–Crippen MR) is 62.9 cm³/mol. The maximum absolute atomic E-state index is 7.55. The smallest absolute Gasteiger partial charge is 0.225 e. The SMILES string of the molecule is Cc1ccnc(OC2CCCC2)c1C(=N)N. The lowest BCUT2D eigenvalue weighted by atomic mass is 10.1. The summed E-state index contributed by atoms with van der Waals surface area (Å²) in [6.07, 6.45) is 6.52. The molecule has 1 heterocycles. The molecule has 0 amide bonds. The topological polar surface area (TPSA) is 72.0 Å². The van der Waals surface area contributed by atoms with Gasteiger partial charge in [0.2, 0.25) is 5.88 Å². The monoisotopic (exact) mass is 219 g/mol. The Hall–Kier alpha value is -1.58. The number of ether oxygens (including phenoxy) is 1. The van der Waals surface area contributed by atoms with Crippen molar-refractivity contribution in [3.05, 3.63) is 23.4 Å². The molecule has 2 rings (SSSR count). The minimum atomic E-state index is 0.0265. The third-order valence-corrected chi connectivity index (χ3v) is 2.97. The quantitative estimate of drug-likeness (QED) is 0.603. The molecule has 0 bridgehead atoms. The van der Waals surface area contributed by atoms with Crippen LogP contribution in [0.2, 0.25) is 0 Å². The number of hydrogen-bond donors (Lipinski definition) is 2. The van der Waals surface area contributed by atoms with Crippen molar-refractivity contribution in [1.29, 1.82) is 5.41 Å². The average molecular weight is 219 g/mol. The van der Waals surface area contributed by atoms with Crippen molar-refractivity contribution in [3.63, 3.8) is 0 Å². The highest BCUT2D eigenvalue weighted by Crippen LogP contribution is 2.26. The molecule has 4 nitrogen and oxygen atoms in total. The third-order valence-electron chi connectivity index (χ3n) is 2.97. The minimum absolute atomic E-state index is 0.0265. The van der Waals surface area contributed by atoms with Gasteiger partial charge in [0.05, 0.1) is 5.56 Å². The maximum atomic E-state index is 7.55. The second-order valence-corrected chi connectivity index (χ2v) is 4.25. The van der Waals surface area contributed by atoms with Gasteiger partial charge in [0.1, 0.15) is 11.9 Å². The Kier molecular flexibility index (Phi) is 3.08. The molecule has 1 aromatic rings. The van der Waals surface area contributed by atoms with Gasteiger partial charge in [-0.3, -0.25) is 5.41 Å². The molecule has 1 aromatic heterocycles. The first-order valence-corrected chi connectivity index (χ1v) is 5.65. The normalized spacial score (nSPS) is 16.3. The maximum Gasteiger partial charge on any atom is 0.225 e. The van der Waals surface area contributed by atoms with Crippen LogP contribution in [-0.4, -0.2) is 16.9 Å². The molecular formula is C12H17N3O. The number of hydrogen-bond acceptors (Lipinski definition) is 3. The molecule has 1 aliphatic rings. The van der Waals surface area contributed by atoms with Gasteiger partial charge in [-0.2, -0.15) is 0 Å². The lowest BCUT2D eigenvalue weighted by Gasteiger charge is -2.15. The van der Waals surface area contributed by atoms with Gasteiger partial charge in [0.25, 0.3) is 0 Å². The second-order valence-electron chi connectivity index (χ2n) is 4.25. The fourth-order valence-corrected chi connectivity index (χ4v) is 2.11. The molecule has 16 heavy (non-hydrogen) atoms. The van der Waals surface area contributed by atoms with Crippen LogP contribution in [0.3, 0.4) is 0 Å². The third kappa shape index (κ3) is 2.15. The van der Waals surface area contributed by atoms with E-state index in [1.165, 1.54) is 12.8 Å². The first-order chi connectivity index (χ1) is 7.68. The molecule has 4 heteroatoms. The van der Waals surface area contributed by atoms with Crippen LogP contribution in [0.25, 0.3) is 0 Å². The molecule has 0 aliphatic heterocycles. The van der Waals surface area contributed by atoms with Crippen molar-refractivity contribution >= 4 is 5.84 Å². The Balaban J connectivity index is 2.25. The number of nitrogen functional groups attached to an aromatic ring is 1. The lowest BCUT2D eigenvalue weighted by molar-refractivity contribution is 0.201. The first-order valence-electron chi connectivity index (χ1n) is 5.65. The fraction of sp³-hybridized carbons (Fsp3) is 0.500.